The van der Waals surface area contributed by atoms with Gasteiger partial charge in [-0.05, 0) is 26.2 Å². The Morgan fingerprint density at radius 3 is 2.39 bits per heavy atom. The molecule has 2 N–H and O–H groups in total. The van der Waals surface area contributed by atoms with E-state index in [1.54, 1.807) is 4.90 Å². The maximum absolute atomic E-state index is 12.1. The van der Waals surface area contributed by atoms with Gasteiger partial charge >= 0.3 is 12.0 Å². The number of nitrogens with one attached hydrogen (secondary N) is 1. The third-order valence-electron chi connectivity index (χ3n) is 3.54. The number of urea groups is 1. The van der Waals surface area contributed by atoms with Gasteiger partial charge in [-0.15, -0.1) is 0 Å². The van der Waals surface area contributed by atoms with Crippen LogP contribution >= 0.6 is 0 Å². The summed E-state index contributed by atoms with van der Waals surface area (Å²) in [6, 6.07) is -0.714. The lowest BCUT2D eigenvalue weighted by Crippen LogP contribution is -2.50. The van der Waals surface area contributed by atoms with Crippen molar-refractivity contribution in [3.8, 4) is 0 Å². The molecule has 104 valence electrons. The topological polar surface area (TPSA) is 69.6 Å². The Kier molecular flexibility index (Phi) is 5.95. The van der Waals surface area contributed by atoms with Crippen molar-refractivity contribution in [1.82, 2.24) is 10.2 Å². The van der Waals surface area contributed by atoms with Crippen molar-refractivity contribution < 1.29 is 14.7 Å². The zero-order chi connectivity index (χ0) is 13.5. The molecule has 1 fully saturated rings. The van der Waals surface area contributed by atoms with Gasteiger partial charge in [0.25, 0.3) is 0 Å². The molecule has 1 rings (SSSR count). The lowest BCUT2D eigenvalue weighted by molar-refractivity contribution is -0.139. The number of hydrogen-bond acceptors (Lipinski definition) is 2. The molecule has 0 aromatic heterocycles. The third-order valence-corrected chi connectivity index (χ3v) is 3.54. The van der Waals surface area contributed by atoms with Crippen molar-refractivity contribution in [3.05, 3.63) is 0 Å². The van der Waals surface area contributed by atoms with Gasteiger partial charge in [-0.25, -0.2) is 9.59 Å². The van der Waals surface area contributed by atoms with Gasteiger partial charge in [0.2, 0.25) is 0 Å². The Morgan fingerprint density at radius 2 is 1.94 bits per heavy atom. The summed E-state index contributed by atoms with van der Waals surface area (Å²) in [4.78, 5) is 24.9. The van der Waals surface area contributed by atoms with Crippen LogP contribution in [0.2, 0.25) is 0 Å². The molecule has 1 aliphatic carbocycles. The summed E-state index contributed by atoms with van der Waals surface area (Å²) < 4.78 is 0. The fourth-order valence-electron chi connectivity index (χ4n) is 2.56. The summed E-state index contributed by atoms with van der Waals surface area (Å²) in [5.41, 5.74) is 0. The highest BCUT2D eigenvalue weighted by Gasteiger charge is 2.28. The molecule has 2 amide bonds. The fourth-order valence-corrected chi connectivity index (χ4v) is 2.56. The number of hydrogen-bond donors (Lipinski definition) is 2. The van der Waals surface area contributed by atoms with E-state index < -0.39 is 12.0 Å². The predicted molar refractivity (Wildman–Crippen MR) is 69.5 cm³/mol. The van der Waals surface area contributed by atoms with E-state index in [-0.39, 0.29) is 12.1 Å². The van der Waals surface area contributed by atoms with E-state index in [2.05, 4.69) is 5.32 Å². The van der Waals surface area contributed by atoms with Crippen LogP contribution in [-0.4, -0.2) is 40.6 Å². The summed E-state index contributed by atoms with van der Waals surface area (Å²) in [5, 5.41) is 11.7. The standard InChI is InChI=1S/C13H24N2O3/c1-3-7-11(12(16)17)14-13(18)15(4-2)10-8-5-6-9-10/h10-11H,3-9H2,1-2H3,(H,14,18)(H,16,17). The van der Waals surface area contributed by atoms with E-state index in [1.807, 2.05) is 13.8 Å². The first-order chi connectivity index (χ1) is 8.60. The number of rotatable bonds is 6. The van der Waals surface area contributed by atoms with Crippen LogP contribution in [0.25, 0.3) is 0 Å². The number of aliphatic carboxylic acids is 1. The second kappa shape index (κ2) is 7.24. The van der Waals surface area contributed by atoms with Gasteiger partial charge in [0, 0.05) is 12.6 Å². The smallest absolute Gasteiger partial charge is 0.326 e. The molecule has 0 aromatic rings. The first-order valence-corrected chi connectivity index (χ1v) is 6.90. The van der Waals surface area contributed by atoms with Gasteiger partial charge < -0.3 is 15.3 Å². The van der Waals surface area contributed by atoms with Gasteiger partial charge in [-0.3, -0.25) is 0 Å². The molecule has 0 heterocycles. The second-order valence-corrected chi connectivity index (χ2v) is 4.85. The van der Waals surface area contributed by atoms with Crippen molar-refractivity contribution in [2.75, 3.05) is 6.54 Å². The summed E-state index contributed by atoms with van der Waals surface area (Å²) in [6.45, 7) is 4.49. The third kappa shape index (κ3) is 3.89. The largest absolute Gasteiger partial charge is 0.480 e. The molecule has 5 heteroatoms. The van der Waals surface area contributed by atoms with Crippen LogP contribution in [0.3, 0.4) is 0 Å². The Balaban J connectivity index is 2.57. The zero-order valence-electron chi connectivity index (χ0n) is 11.3. The van der Waals surface area contributed by atoms with E-state index in [0.717, 1.165) is 32.1 Å². The molecule has 1 atom stereocenters. The van der Waals surface area contributed by atoms with Crippen LogP contribution in [0, 0.1) is 0 Å². The maximum Gasteiger partial charge on any atom is 0.326 e. The minimum Gasteiger partial charge on any atom is -0.480 e. The van der Waals surface area contributed by atoms with E-state index in [9.17, 15) is 9.59 Å². The van der Waals surface area contributed by atoms with Crippen LogP contribution in [0.1, 0.15) is 52.4 Å². The molecule has 0 spiro atoms. The van der Waals surface area contributed by atoms with Crippen LogP contribution in [-0.2, 0) is 4.79 Å². The normalized spacial score (nSPS) is 17.4. The van der Waals surface area contributed by atoms with Gasteiger partial charge in [0.05, 0.1) is 0 Å². The van der Waals surface area contributed by atoms with Gasteiger partial charge in [0.15, 0.2) is 0 Å². The number of carbonyl (C=O) groups excluding carboxylic acids is 1. The average molecular weight is 256 g/mol. The molecular weight excluding hydrogens is 232 g/mol. The van der Waals surface area contributed by atoms with E-state index in [4.69, 9.17) is 5.11 Å². The van der Waals surface area contributed by atoms with Crippen molar-refractivity contribution in [1.29, 1.82) is 0 Å². The highest BCUT2D eigenvalue weighted by Crippen LogP contribution is 2.23. The SMILES string of the molecule is CCCC(NC(=O)N(CC)C1CCCC1)C(=O)O. The number of nitrogens with zero attached hydrogens (tertiary/aromatic N) is 1. The molecule has 0 saturated heterocycles. The van der Waals surface area contributed by atoms with Crippen molar-refractivity contribution in [2.45, 2.75) is 64.5 Å². The summed E-state index contributed by atoms with van der Waals surface area (Å²) in [7, 11) is 0. The lowest BCUT2D eigenvalue weighted by Gasteiger charge is -2.29. The monoisotopic (exact) mass is 256 g/mol. The molecule has 1 saturated carbocycles. The lowest BCUT2D eigenvalue weighted by atomic mass is 10.1. The van der Waals surface area contributed by atoms with E-state index in [1.165, 1.54) is 0 Å². The Hall–Kier alpha value is -1.26. The number of carboxylic acid groups (broad SMARTS) is 1. The predicted octanol–water partition coefficient (Wildman–Crippen LogP) is 2.21. The number of carboxylic acids is 1. The highest BCUT2D eigenvalue weighted by atomic mass is 16.4. The van der Waals surface area contributed by atoms with Crippen LogP contribution in [0.15, 0.2) is 0 Å². The van der Waals surface area contributed by atoms with E-state index in [0.29, 0.717) is 13.0 Å². The highest BCUT2D eigenvalue weighted by molar-refractivity contribution is 5.82. The molecule has 1 aliphatic rings. The first-order valence-electron chi connectivity index (χ1n) is 6.90. The molecule has 0 bridgehead atoms. The van der Waals surface area contributed by atoms with Gasteiger partial charge in [0.1, 0.15) is 6.04 Å². The van der Waals surface area contributed by atoms with E-state index >= 15 is 0 Å². The number of carbonyl (C=O) groups is 2. The second-order valence-electron chi connectivity index (χ2n) is 4.85. The van der Waals surface area contributed by atoms with Gasteiger partial charge in [-0.2, -0.15) is 0 Å². The molecular formula is C13H24N2O3. The Bertz CT molecular complexity index is 288. The van der Waals surface area contributed by atoms with Crippen molar-refractivity contribution in [2.24, 2.45) is 0 Å². The molecule has 18 heavy (non-hydrogen) atoms. The Morgan fingerprint density at radius 1 is 1.33 bits per heavy atom. The summed E-state index contributed by atoms with van der Waals surface area (Å²) >= 11 is 0. The Labute approximate surface area is 109 Å². The quantitative estimate of drug-likeness (QED) is 0.765. The molecule has 0 aliphatic heterocycles. The summed E-state index contributed by atoms with van der Waals surface area (Å²) in [6.07, 6.45) is 5.60. The molecule has 5 nitrogen and oxygen atoms in total. The zero-order valence-corrected chi connectivity index (χ0v) is 11.3. The average Bonchev–Trinajstić information content (AvgIpc) is 2.83. The van der Waals surface area contributed by atoms with Gasteiger partial charge in [-0.1, -0.05) is 26.2 Å². The van der Waals surface area contributed by atoms with Crippen LogP contribution < -0.4 is 5.32 Å². The van der Waals surface area contributed by atoms with Crippen LogP contribution in [0.4, 0.5) is 4.79 Å². The molecule has 0 aromatic carbocycles. The minimum absolute atomic E-state index is 0.231. The molecule has 1 unspecified atom stereocenters. The van der Waals surface area contributed by atoms with Crippen LogP contribution in [0.5, 0.6) is 0 Å². The maximum atomic E-state index is 12.1. The molecule has 0 radical (unpaired) electrons. The minimum atomic E-state index is -0.951. The first kappa shape index (κ1) is 14.8. The van der Waals surface area contributed by atoms with Crippen molar-refractivity contribution in [3.63, 3.8) is 0 Å². The van der Waals surface area contributed by atoms with Crippen molar-refractivity contribution >= 4 is 12.0 Å². The summed E-state index contributed by atoms with van der Waals surface area (Å²) in [5.74, 6) is -0.951. The fraction of sp³-hybridized carbons (Fsp3) is 0.846. The number of amides is 2.